The van der Waals surface area contributed by atoms with Gasteiger partial charge in [0.05, 0.1) is 0 Å². The fourth-order valence-corrected chi connectivity index (χ4v) is 1.24. The Bertz CT molecular complexity index is 347. The molecular weight excluding hydrogens is 204 g/mol. The second-order valence-corrected chi connectivity index (χ2v) is 3.67. The van der Waals surface area contributed by atoms with Gasteiger partial charge in [0.25, 0.3) is 0 Å². The minimum atomic E-state index is 0.803. The van der Waals surface area contributed by atoms with Crippen LogP contribution in [-0.2, 0) is 0 Å². The molecule has 0 aromatic rings. The highest BCUT2D eigenvalue weighted by atomic mass is 13.9. The summed E-state index contributed by atoms with van der Waals surface area (Å²) in [6.07, 6.45) is 16.9. The molecule has 0 heteroatoms. The third kappa shape index (κ3) is 14.3. The fraction of sp³-hybridized carbons (Fsp3) is 0.412. The molecule has 17 heavy (non-hydrogen) atoms. The second-order valence-electron chi connectivity index (χ2n) is 3.67. The zero-order valence-electron chi connectivity index (χ0n) is 10.8. The molecule has 0 aliphatic rings. The largest absolute Gasteiger partial charge is 0.103 e. The van der Waals surface area contributed by atoms with Crippen LogP contribution in [0.1, 0.15) is 45.4 Å². The second kappa shape index (κ2) is 14.3. The number of rotatable bonds is 7. The Labute approximate surface area is 107 Å². The summed E-state index contributed by atoms with van der Waals surface area (Å²) in [5.41, 5.74) is 0. The van der Waals surface area contributed by atoms with E-state index in [0.29, 0.717) is 0 Å². The maximum absolute atomic E-state index is 3.71. The molecule has 0 aromatic heterocycles. The molecule has 0 aliphatic heterocycles. The predicted molar refractivity (Wildman–Crippen MR) is 77.4 cm³/mol. The Morgan fingerprint density at radius 3 is 2.59 bits per heavy atom. The van der Waals surface area contributed by atoms with Crippen molar-refractivity contribution in [3.63, 3.8) is 0 Å². The van der Waals surface area contributed by atoms with Crippen LogP contribution in [-0.4, -0.2) is 0 Å². The Morgan fingerprint density at radius 2 is 1.82 bits per heavy atom. The topological polar surface area (TPSA) is 0 Å². The first-order chi connectivity index (χ1) is 8.41. The van der Waals surface area contributed by atoms with Gasteiger partial charge < -0.3 is 0 Å². The molecule has 0 aliphatic carbocycles. The molecule has 0 saturated heterocycles. The lowest BCUT2D eigenvalue weighted by Gasteiger charge is -1.93. The van der Waals surface area contributed by atoms with Crippen molar-refractivity contribution in [2.24, 2.45) is 0 Å². The van der Waals surface area contributed by atoms with E-state index in [4.69, 9.17) is 0 Å². The van der Waals surface area contributed by atoms with Crippen molar-refractivity contribution in [2.75, 3.05) is 0 Å². The SMILES string of the molecule is C=CCCCCC/C=C/CC#CC#C/C=C/C. The van der Waals surface area contributed by atoms with Crippen molar-refractivity contribution in [1.82, 2.24) is 0 Å². The Kier molecular flexibility index (Phi) is 12.9. The average molecular weight is 226 g/mol. The van der Waals surface area contributed by atoms with Gasteiger partial charge in [-0.05, 0) is 50.5 Å². The number of unbranched alkanes of at least 4 members (excludes halogenated alkanes) is 4. The van der Waals surface area contributed by atoms with Crippen LogP contribution in [0.3, 0.4) is 0 Å². The van der Waals surface area contributed by atoms with Gasteiger partial charge in [-0.15, -0.1) is 6.58 Å². The van der Waals surface area contributed by atoms with Gasteiger partial charge in [-0.3, -0.25) is 0 Å². The number of hydrogen-bond donors (Lipinski definition) is 0. The van der Waals surface area contributed by atoms with E-state index in [1.807, 2.05) is 19.1 Å². The van der Waals surface area contributed by atoms with E-state index < -0.39 is 0 Å². The summed E-state index contributed by atoms with van der Waals surface area (Å²) >= 11 is 0. The number of allylic oxidation sites excluding steroid dienone is 5. The Hall–Kier alpha value is -1.66. The van der Waals surface area contributed by atoms with E-state index in [9.17, 15) is 0 Å². The molecule has 0 radical (unpaired) electrons. The lowest BCUT2D eigenvalue weighted by molar-refractivity contribution is 0.696. The van der Waals surface area contributed by atoms with Crippen LogP contribution in [0.5, 0.6) is 0 Å². The predicted octanol–water partition coefficient (Wildman–Crippen LogP) is 4.65. The summed E-state index contributed by atoms with van der Waals surface area (Å²) in [5, 5.41) is 0. The molecule has 90 valence electrons. The van der Waals surface area contributed by atoms with Gasteiger partial charge in [-0.2, -0.15) is 0 Å². The third-order valence-electron chi connectivity index (χ3n) is 2.14. The van der Waals surface area contributed by atoms with Crippen LogP contribution >= 0.6 is 0 Å². The third-order valence-corrected chi connectivity index (χ3v) is 2.14. The van der Waals surface area contributed by atoms with E-state index >= 15 is 0 Å². The number of hydrogen-bond acceptors (Lipinski definition) is 0. The van der Waals surface area contributed by atoms with Crippen molar-refractivity contribution < 1.29 is 0 Å². The van der Waals surface area contributed by atoms with Crippen LogP contribution in [0.4, 0.5) is 0 Å². The monoisotopic (exact) mass is 226 g/mol. The summed E-state index contributed by atoms with van der Waals surface area (Å²) in [7, 11) is 0. The molecular formula is C17H22. The quantitative estimate of drug-likeness (QED) is 0.337. The van der Waals surface area contributed by atoms with Crippen LogP contribution in [0, 0.1) is 23.7 Å². The maximum atomic E-state index is 3.71. The van der Waals surface area contributed by atoms with Crippen LogP contribution in [0.15, 0.2) is 37.0 Å². The standard InChI is InChI=1S/C17H22/c1-3-5-7-9-11-13-15-17-16-14-12-10-8-6-4-2/h3-4,6,15,17H,1,5,7,9,11,13,16H2,2H3/b6-4+,17-15+. The summed E-state index contributed by atoms with van der Waals surface area (Å²) < 4.78 is 0. The van der Waals surface area contributed by atoms with Crippen LogP contribution in [0.2, 0.25) is 0 Å². The molecule has 0 rings (SSSR count). The zero-order valence-corrected chi connectivity index (χ0v) is 10.8. The molecule has 0 spiro atoms. The minimum absolute atomic E-state index is 0.803. The van der Waals surface area contributed by atoms with E-state index in [0.717, 1.165) is 19.3 Å². The summed E-state index contributed by atoms with van der Waals surface area (Å²) in [4.78, 5) is 0. The van der Waals surface area contributed by atoms with Gasteiger partial charge >= 0.3 is 0 Å². The Balaban J connectivity index is 3.42. The highest BCUT2D eigenvalue weighted by Gasteiger charge is 1.84. The highest BCUT2D eigenvalue weighted by molar-refractivity contribution is 5.30. The molecule has 0 nitrogen and oxygen atoms in total. The maximum Gasteiger partial charge on any atom is 0.0279 e. The van der Waals surface area contributed by atoms with Gasteiger partial charge in [0.15, 0.2) is 0 Å². The van der Waals surface area contributed by atoms with Crippen molar-refractivity contribution in [3.05, 3.63) is 37.0 Å². The van der Waals surface area contributed by atoms with E-state index in [1.54, 1.807) is 6.08 Å². The first-order valence-electron chi connectivity index (χ1n) is 6.27. The van der Waals surface area contributed by atoms with Gasteiger partial charge in [-0.25, -0.2) is 0 Å². The van der Waals surface area contributed by atoms with E-state index in [2.05, 4.69) is 42.4 Å². The molecule has 0 aromatic carbocycles. The average Bonchev–Trinajstić information content (AvgIpc) is 2.35. The summed E-state index contributed by atoms with van der Waals surface area (Å²) in [5.74, 6) is 11.4. The highest BCUT2D eigenvalue weighted by Crippen LogP contribution is 2.03. The summed E-state index contributed by atoms with van der Waals surface area (Å²) in [6, 6.07) is 0. The first kappa shape index (κ1) is 15.3. The molecule has 0 heterocycles. The van der Waals surface area contributed by atoms with Crippen molar-refractivity contribution in [1.29, 1.82) is 0 Å². The van der Waals surface area contributed by atoms with Crippen molar-refractivity contribution >= 4 is 0 Å². The molecule has 0 fully saturated rings. The van der Waals surface area contributed by atoms with Crippen molar-refractivity contribution in [3.8, 4) is 23.7 Å². The first-order valence-corrected chi connectivity index (χ1v) is 6.27. The molecule has 0 N–H and O–H groups in total. The minimum Gasteiger partial charge on any atom is -0.103 e. The normalized spacial score (nSPS) is 9.71. The fourth-order valence-electron chi connectivity index (χ4n) is 1.24. The molecule has 0 bridgehead atoms. The Morgan fingerprint density at radius 1 is 1.00 bits per heavy atom. The smallest absolute Gasteiger partial charge is 0.0279 e. The molecule has 0 saturated carbocycles. The van der Waals surface area contributed by atoms with Gasteiger partial charge in [0.1, 0.15) is 0 Å². The molecule has 0 atom stereocenters. The van der Waals surface area contributed by atoms with Gasteiger partial charge in [0.2, 0.25) is 0 Å². The lowest BCUT2D eigenvalue weighted by atomic mass is 10.1. The van der Waals surface area contributed by atoms with E-state index in [-0.39, 0.29) is 0 Å². The van der Waals surface area contributed by atoms with Gasteiger partial charge in [0, 0.05) is 6.42 Å². The molecule has 0 amide bonds. The van der Waals surface area contributed by atoms with Gasteiger partial charge in [-0.1, -0.05) is 42.6 Å². The zero-order chi connectivity index (χ0) is 12.6. The summed E-state index contributed by atoms with van der Waals surface area (Å²) in [6.45, 7) is 5.65. The van der Waals surface area contributed by atoms with E-state index in [1.165, 1.54) is 19.3 Å². The lowest BCUT2D eigenvalue weighted by Crippen LogP contribution is -1.74. The molecule has 0 unspecified atom stereocenters. The van der Waals surface area contributed by atoms with Crippen LogP contribution < -0.4 is 0 Å². The van der Waals surface area contributed by atoms with Crippen molar-refractivity contribution in [2.45, 2.75) is 45.4 Å². The van der Waals surface area contributed by atoms with Crippen LogP contribution in [0.25, 0.3) is 0 Å².